The molecule has 114 valence electrons. The molecule has 2 heterocycles. The second-order valence-electron chi connectivity index (χ2n) is 5.64. The van der Waals surface area contributed by atoms with Crippen molar-refractivity contribution in [2.24, 2.45) is 0 Å². The van der Waals surface area contributed by atoms with Crippen LogP contribution in [0.15, 0.2) is 76.7 Å². The van der Waals surface area contributed by atoms with Crippen molar-refractivity contribution in [2.45, 2.75) is 9.79 Å². The first kappa shape index (κ1) is 14.2. The molecule has 1 aromatic heterocycles. The van der Waals surface area contributed by atoms with Crippen molar-refractivity contribution in [2.75, 3.05) is 23.9 Å². The highest BCUT2D eigenvalue weighted by Gasteiger charge is 2.25. The van der Waals surface area contributed by atoms with Crippen LogP contribution >= 0.6 is 11.8 Å². The van der Waals surface area contributed by atoms with Crippen molar-refractivity contribution in [3.8, 4) is 0 Å². The van der Waals surface area contributed by atoms with E-state index in [1.54, 1.807) is 11.8 Å². The van der Waals surface area contributed by atoms with Gasteiger partial charge in [-0.2, -0.15) is 0 Å². The Morgan fingerprint density at radius 2 is 1.61 bits per heavy atom. The third-order valence-electron chi connectivity index (χ3n) is 3.91. The molecule has 0 spiro atoms. The normalized spacial score (nSPS) is 12.5. The number of nitrogens with zero attached hydrogens (tertiary/aromatic N) is 3. The second-order valence-corrected chi connectivity index (χ2v) is 6.72. The van der Waals surface area contributed by atoms with Crippen LogP contribution in [-0.2, 0) is 0 Å². The lowest BCUT2D eigenvalue weighted by atomic mass is 10.2. The molecule has 0 aliphatic carbocycles. The van der Waals surface area contributed by atoms with Crippen LogP contribution in [0.25, 0.3) is 0 Å². The summed E-state index contributed by atoms with van der Waals surface area (Å²) in [5, 5.41) is 0. The highest BCUT2D eigenvalue weighted by atomic mass is 32.2. The molecule has 4 heteroatoms. The van der Waals surface area contributed by atoms with Gasteiger partial charge < -0.3 is 4.90 Å². The summed E-state index contributed by atoms with van der Waals surface area (Å²) >= 11 is 1.78. The molecule has 0 atom stereocenters. The van der Waals surface area contributed by atoms with E-state index in [4.69, 9.17) is 0 Å². The van der Waals surface area contributed by atoms with Crippen LogP contribution in [-0.4, -0.2) is 19.1 Å². The van der Waals surface area contributed by atoms with E-state index < -0.39 is 0 Å². The van der Waals surface area contributed by atoms with Crippen molar-refractivity contribution in [3.05, 3.63) is 66.9 Å². The van der Waals surface area contributed by atoms with Crippen LogP contribution in [0.1, 0.15) is 0 Å². The number of fused-ring (bicyclic) bond motifs is 2. The number of pyridine rings is 1. The molecule has 4 rings (SSSR count). The third-order valence-corrected chi connectivity index (χ3v) is 5.02. The number of anilines is 4. The average Bonchev–Trinajstić information content (AvgIpc) is 2.59. The fraction of sp³-hybridized carbons (Fsp3) is 0.105. The summed E-state index contributed by atoms with van der Waals surface area (Å²) in [5.41, 5.74) is 3.50. The maximum Gasteiger partial charge on any atom is 0.151 e. The molecule has 0 N–H and O–H groups in total. The summed E-state index contributed by atoms with van der Waals surface area (Å²) < 4.78 is 0. The highest BCUT2D eigenvalue weighted by Crippen LogP contribution is 2.50. The van der Waals surface area contributed by atoms with E-state index in [9.17, 15) is 0 Å². The zero-order valence-electron chi connectivity index (χ0n) is 13.1. The molecule has 3 aromatic rings. The van der Waals surface area contributed by atoms with Crippen molar-refractivity contribution in [3.63, 3.8) is 0 Å². The van der Waals surface area contributed by atoms with E-state index in [1.165, 1.54) is 21.2 Å². The maximum atomic E-state index is 4.63. The Bertz CT molecular complexity index is 798. The van der Waals surface area contributed by atoms with Crippen LogP contribution in [0.2, 0.25) is 0 Å². The van der Waals surface area contributed by atoms with E-state index in [-0.39, 0.29) is 0 Å². The van der Waals surface area contributed by atoms with Gasteiger partial charge in [-0.25, -0.2) is 4.98 Å². The van der Waals surface area contributed by atoms with Crippen LogP contribution in [0.5, 0.6) is 0 Å². The fourth-order valence-electron chi connectivity index (χ4n) is 2.75. The minimum Gasteiger partial charge on any atom is -0.378 e. The van der Waals surface area contributed by atoms with Crippen LogP contribution in [0.4, 0.5) is 22.9 Å². The van der Waals surface area contributed by atoms with Crippen molar-refractivity contribution in [1.29, 1.82) is 0 Å². The summed E-state index contributed by atoms with van der Waals surface area (Å²) in [7, 11) is 4.11. The first-order chi connectivity index (χ1) is 11.2. The van der Waals surface area contributed by atoms with E-state index in [2.05, 4.69) is 83.5 Å². The van der Waals surface area contributed by atoms with Gasteiger partial charge >= 0.3 is 0 Å². The zero-order valence-corrected chi connectivity index (χ0v) is 13.9. The largest absolute Gasteiger partial charge is 0.378 e. The number of hydrogen-bond acceptors (Lipinski definition) is 4. The zero-order chi connectivity index (χ0) is 15.8. The summed E-state index contributed by atoms with van der Waals surface area (Å²) in [6, 6.07) is 21.2. The lowest BCUT2D eigenvalue weighted by molar-refractivity contribution is 1.08. The number of para-hydroxylation sites is 1. The van der Waals surface area contributed by atoms with E-state index >= 15 is 0 Å². The van der Waals surface area contributed by atoms with Crippen LogP contribution in [0.3, 0.4) is 0 Å². The summed E-state index contributed by atoms with van der Waals surface area (Å²) in [5.74, 6) is 0.994. The number of rotatable bonds is 2. The fourth-order valence-corrected chi connectivity index (χ4v) is 3.78. The van der Waals surface area contributed by atoms with Gasteiger partial charge in [0.05, 0.1) is 10.6 Å². The van der Waals surface area contributed by atoms with Crippen LogP contribution < -0.4 is 9.80 Å². The number of benzene rings is 2. The Hall–Kier alpha value is -2.46. The van der Waals surface area contributed by atoms with E-state index in [0.29, 0.717) is 0 Å². The van der Waals surface area contributed by atoms with E-state index in [0.717, 1.165) is 11.5 Å². The smallest absolute Gasteiger partial charge is 0.151 e. The van der Waals surface area contributed by atoms with Crippen molar-refractivity contribution in [1.82, 2.24) is 4.98 Å². The topological polar surface area (TPSA) is 19.4 Å². The average molecular weight is 319 g/mol. The Morgan fingerprint density at radius 1 is 0.870 bits per heavy atom. The summed E-state index contributed by atoms with van der Waals surface area (Å²) in [6.07, 6.45) is 1.86. The lowest BCUT2D eigenvalue weighted by Crippen LogP contribution is -2.16. The molecule has 0 bridgehead atoms. The highest BCUT2D eigenvalue weighted by molar-refractivity contribution is 7.99. The molecular formula is C19H17N3S. The molecule has 0 saturated heterocycles. The predicted octanol–water partition coefficient (Wildman–Crippen LogP) is 5.08. The lowest BCUT2D eigenvalue weighted by Gasteiger charge is -2.31. The van der Waals surface area contributed by atoms with Gasteiger partial charge in [0.2, 0.25) is 0 Å². The van der Waals surface area contributed by atoms with Gasteiger partial charge in [-0.1, -0.05) is 23.9 Å². The molecule has 0 fully saturated rings. The van der Waals surface area contributed by atoms with Gasteiger partial charge in [-0.3, -0.25) is 4.90 Å². The van der Waals surface area contributed by atoms with Crippen molar-refractivity contribution >= 4 is 34.6 Å². The van der Waals surface area contributed by atoms with Gasteiger partial charge in [-0.15, -0.1) is 0 Å². The first-order valence-electron chi connectivity index (χ1n) is 7.53. The maximum absolute atomic E-state index is 4.63. The van der Waals surface area contributed by atoms with Gasteiger partial charge in [0, 0.05) is 36.6 Å². The van der Waals surface area contributed by atoms with Gasteiger partial charge in [0.1, 0.15) is 0 Å². The van der Waals surface area contributed by atoms with Crippen molar-refractivity contribution < 1.29 is 0 Å². The Labute approximate surface area is 140 Å². The molecule has 0 saturated carbocycles. The Morgan fingerprint density at radius 3 is 2.39 bits per heavy atom. The molecular weight excluding hydrogens is 302 g/mol. The minimum atomic E-state index is 0.994. The van der Waals surface area contributed by atoms with Crippen LogP contribution in [0, 0.1) is 0 Å². The van der Waals surface area contributed by atoms with Gasteiger partial charge in [-0.05, 0) is 48.5 Å². The summed E-state index contributed by atoms with van der Waals surface area (Å²) in [6.45, 7) is 0. The summed E-state index contributed by atoms with van der Waals surface area (Å²) in [4.78, 5) is 11.4. The Balaban J connectivity index is 1.87. The predicted molar refractivity (Wildman–Crippen MR) is 97.4 cm³/mol. The van der Waals surface area contributed by atoms with Gasteiger partial charge in [0.25, 0.3) is 0 Å². The molecule has 0 radical (unpaired) electrons. The van der Waals surface area contributed by atoms with E-state index in [1.807, 2.05) is 12.3 Å². The molecule has 2 aromatic carbocycles. The second kappa shape index (κ2) is 5.63. The quantitative estimate of drug-likeness (QED) is 0.513. The molecule has 3 nitrogen and oxygen atoms in total. The monoisotopic (exact) mass is 319 g/mol. The minimum absolute atomic E-state index is 0.994. The molecule has 0 unspecified atom stereocenters. The standard InChI is InChI=1S/C19H17N3S/c1-21(2)14-9-11-15(12-10-14)22-16-6-3-4-7-17(16)23-18-8-5-13-20-19(18)22/h3-13H,1-2H3. The molecule has 0 amide bonds. The first-order valence-corrected chi connectivity index (χ1v) is 8.35. The SMILES string of the molecule is CN(C)c1ccc(N2c3ccccc3Sc3cccnc32)cc1. The molecule has 1 aliphatic heterocycles. The number of aromatic nitrogens is 1. The third kappa shape index (κ3) is 2.45. The Kier molecular flexibility index (Phi) is 3.46. The molecule has 23 heavy (non-hydrogen) atoms. The molecule has 1 aliphatic rings. The number of hydrogen-bond donors (Lipinski definition) is 0. The van der Waals surface area contributed by atoms with Gasteiger partial charge in [0.15, 0.2) is 5.82 Å².